The number of nitrogens with zero attached hydrogens (tertiary/aromatic N) is 2. The normalized spacial score (nSPS) is 10.3. The summed E-state index contributed by atoms with van der Waals surface area (Å²) < 4.78 is 0. The van der Waals surface area contributed by atoms with Crippen molar-refractivity contribution in [3.63, 3.8) is 0 Å². The maximum atomic E-state index is 12.3. The molecule has 0 aliphatic heterocycles. The van der Waals surface area contributed by atoms with E-state index in [2.05, 4.69) is 20.6 Å². The Kier molecular flexibility index (Phi) is 4.55. The van der Waals surface area contributed by atoms with E-state index in [1.165, 1.54) is 17.5 Å². The molecule has 3 aromatic rings. The molecule has 0 radical (unpaired) electrons. The number of pyridine rings is 1. The summed E-state index contributed by atoms with van der Waals surface area (Å²) in [7, 11) is 0. The first-order chi connectivity index (χ1) is 11.1. The lowest BCUT2D eigenvalue weighted by Gasteiger charge is -2.08. The first kappa shape index (κ1) is 15.5. The quantitative estimate of drug-likeness (QED) is 0.731. The van der Waals surface area contributed by atoms with Crippen LogP contribution in [-0.4, -0.2) is 15.9 Å². The SMILES string of the molecule is Cc1cccc(Cl)c1NC(=O)c1cnc(Nc2ccccn2)s1. The molecule has 0 unspecified atom stereocenters. The predicted octanol–water partition coefficient (Wildman–Crippen LogP) is 4.50. The molecule has 2 aromatic heterocycles. The van der Waals surface area contributed by atoms with Gasteiger partial charge in [0.15, 0.2) is 5.13 Å². The molecule has 0 atom stereocenters. The molecule has 23 heavy (non-hydrogen) atoms. The van der Waals surface area contributed by atoms with Gasteiger partial charge in [-0.2, -0.15) is 0 Å². The van der Waals surface area contributed by atoms with Crippen molar-refractivity contribution in [3.8, 4) is 0 Å². The smallest absolute Gasteiger partial charge is 0.267 e. The second-order valence-corrected chi connectivity index (χ2v) is 6.19. The predicted molar refractivity (Wildman–Crippen MR) is 93.8 cm³/mol. The van der Waals surface area contributed by atoms with Gasteiger partial charge in [-0.3, -0.25) is 4.79 Å². The van der Waals surface area contributed by atoms with Crippen LogP contribution in [0.25, 0.3) is 0 Å². The molecule has 0 aliphatic rings. The zero-order valence-corrected chi connectivity index (χ0v) is 13.8. The third-order valence-electron chi connectivity index (χ3n) is 3.09. The molecule has 0 fully saturated rings. The molecule has 0 bridgehead atoms. The van der Waals surface area contributed by atoms with Gasteiger partial charge in [-0.15, -0.1) is 0 Å². The molecule has 0 saturated heterocycles. The molecule has 5 nitrogen and oxygen atoms in total. The Morgan fingerprint density at radius 3 is 2.78 bits per heavy atom. The zero-order valence-electron chi connectivity index (χ0n) is 12.2. The Hall–Kier alpha value is -2.44. The maximum Gasteiger partial charge on any atom is 0.267 e. The molecule has 1 aromatic carbocycles. The monoisotopic (exact) mass is 344 g/mol. The van der Waals surface area contributed by atoms with E-state index >= 15 is 0 Å². The number of rotatable bonds is 4. The number of thiazole rings is 1. The summed E-state index contributed by atoms with van der Waals surface area (Å²) in [6, 6.07) is 11.0. The number of carbonyl (C=O) groups excluding carboxylic acids is 1. The molecule has 2 N–H and O–H groups in total. The Balaban J connectivity index is 1.74. The minimum Gasteiger partial charge on any atom is -0.320 e. The Morgan fingerprint density at radius 2 is 2.04 bits per heavy atom. The van der Waals surface area contributed by atoms with E-state index in [1.807, 2.05) is 37.3 Å². The lowest BCUT2D eigenvalue weighted by molar-refractivity contribution is 0.103. The number of benzene rings is 1. The van der Waals surface area contributed by atoms with E-state index in [9.17, 15) is 4.79 Å². The number of nitrogens with one attached hydrogen (secondary N) is 2. The standard InChI is InChI=1S/C16H13ClN4OS/c1-10-5-4-6-11(17)14(10)21-15(22)12-9-19-16(23-12)20-13-7-2-3-8-18-13/h2-9H,1H3,(H,21,22)(H,18,19,20). The molecular formula is C16H13ClN4OS. The summed E-state index contributed by atoms with van der Waals surface area (Å²) in [6.45, 7) is 1.89. The summed E-state index contributed by atoms with van der Waals surface area (Å²) in [5.74, 6) is 0.434. The minimum absolute atomic E-state index is 0.243. The number of hydrogen-bond acceptors (Lipinski definition) is 5. The first-order valence-electron chi connectivity index (χ1n) is 6.84. The molecule has 1 amide bonds. The van der Waals surface area contributed by atoms with Crippen molar-refractivity contribution in [1.82, 2.24) is 9.97 Å². The fourth-order valence-electron chi connectivity index (χ4n) is 1.95. The molecular weight excluding hydrogens is 332 g/mol. The maximum absolute atomic E-state index is 12.3. The number of amides is 1. The summed E-state index contributed by atoms with van der Waals surface area (Å²) in [4.78, 5) is 21.2. The van der Waals surface area contributed by atoms with Gasteiger partial charge in [0.25, 0.3) is 5.91 Å². The lowest BCUT2D eigenvalue weighted by Crippen LogP contribution is -2.11. The Labute approximate surface area is 142 Å². The van der Waals surface area contributed by atoms with Crippen LogP contribution in [0.3, 0.4) is 0 Å². The Morgan fingerprint density at radius 1 is 1.17 bits per heavy atom. The van der Waals surface area contributed by atoms with E-state index in [1.54, 1.807) is 12.3 Å². The van der Waals surface area contributed by atoms with E-state index in [0.29, 0.717) is 26.5 Å². The highest BCUT2D eigenvalue weighted by Crippen LogP contribution is 2.27. The number of aryl methyl sites for hydroxylation is 1. The van der Waals surface area contributed by atoms with Crippen molar-refractivity contribution in [2.24, 2.45) is 0 Å². The van der Waals surface area contributed by atoms with Crippen LogP contribution in [0.4, 0.5) is 16.6 Å². The van der Waals surface area contributed by atoms with Crippen molar-refractivity contribution < 1.29 is 4.79 Å². The summed E-state index contributed by atoms with van der Waals surface area (Å²) in [6.07, 6.45) is 3.21. The molecule has 7 heteroatoms. The van der Waals surface area contributed by atoms with Crippen molar-refractivity contribution in [1.29, 1.82) is 0 Å². The van der Waals surface area contributed by atoms with Crippen molar-refractivity contribution >= 4 is 45.5 Å². The lowest BCUT2D eigenvalue weighted by atomic mass is 10.2. The van der Waals surface area contributed by atoms with Crippen molar-refractivity contribution in [2.45, 2.75) is 6.92 Å². The topological polar surface area (TPSA) is 66.9 Å². The number of anilines is 3. The van der Waals surface area contributed by atoms with Gasteiger partial charge in [-0.05, 0) is 30.7 Å². The van der Waals surface area contributed by atoms with Crippen molar-refractivity contribution in [3.05, 3.63) is 64.3 Å². The van der Waals surface area contributed by atoms with Gasteiger partial charge in [-0.25, -0.2) is 9.97 Å². The van der Waals surface area contributed by atoms with Crippen LogP contribution in [0, 0.1) is 6.92 Å². The van der Waals surface area contributed by atoms with Crippen LogP contribution >= 0.6 is 22.9 Å². The fourth-order valence-corrected chi connectivity index (χ4v) is 2.94. The second-order valence-electron chi connectivity index (χ2n) is 4.76. The number of para-hydroxylation sites is 1. The summed E-state index contributed by atoms with van der Waals surface area (Å²) in [5, 5.41) is 6.99. The average Bonchev–Trinajstić information content (AvgIpc) is 3.00. The first-order valence-corrected chi connectivity index (χ1v) is 8.03. The van der Waals surface area contributed by atoms with E-state index in [-0.39, 0.29) is 5.91 Å². The zero-order chi connectivity index (χ0) is 16.2. The molecule has 116 valence electrons. The number of halogens is 1. The minimum atomic E-state index is -0.243. The van der Waals surface area contributed by atoms with Gasteiger partial charge in [0.05, 0.1) is 16.9 Å². The van der Waals surface area contributed by atoms with E-state index < -0.39 is 0 Å². The van der Waals surface area contributed by atoms with E-state index in [0.717, 1.165) is 5.56 Å². The number of hydrogen-bond donors (Lipinski definition) is 2. The van der Waals surface area contributed by atoms with Gasteiger partial charge in [0.1, 0.15) is 10.7 Å². The van der Waals surface area contributed by atoms with Crippen molar-refractivity contribution in [2.75, 3.05) is 10.6 Å². The third kappa shape index (κ3) is 3.67. The highest BCUT2D eigenvalue weighted by atomic mass is 35.5. The summed E-state index contributed by atoms with van der Waals surface area (Å²) >= 11 is 7.38. The van der Waals surface area contributed by atoms with Gasteiger partial charge in [0, 0.05) is 6.20 Å². The number of aromatic nitrogens is 2. The van der Waals surface area contributed by atoms with Gasteiger partial charge in [-0.1, -0.05) is 41.1 Å². The largest absolute Gasteiger partial charge is 0.320 e. The van der Waals surface area contributed by atoms with Gasteiger partial charge >= 0.3 is 0 Å². The average molecular weight is 345 g/mol. The van der Waals surface area contributed by atoms with Gasteiger partial charge < -0.3 is 10.6 Å². The highest BCUT2D eigenvalue weighted by Gasteiger charge is 2.14. The van der Waals surface area contributed by atoms with Crippen LogP contribution in [-0.2, 0) is 0 Å². The van der Waals surface area contributed by atoms with Crippen LogP contribution in [0.5, 0.6) is 0 Å². The molecule has 2 heterocycles. The number of carbonyl (C=O) groups is 1. The molecule has 3 rings (SSSR count). The van der Waals surface area contributed by atoms with E-state index in [4.69, 9.17) is 11.6 Å². The van der Waals surface area contributed by atoms with Crippen LogP contribution in [0.1, 0.15) is 15.2 Å². The highest BCUT2D eigenvalue weighted by molar-refractivity contribution is 7.17. The molecule has 0 saturated carbocycles. The van der Waals surface area contributed by atoms with Gasteiger partial charge in [0.2, 0.25) is 0 Å². The Bertz CT molecular complexity index is 815. The fraction of sp³-hybridized carbons (Fsp3) is 0.0625. The molecule has 0 aliphatic carbocycles. The van der Waals surface area contributed by atoms with Crippen LogP contribution < -0.4 is 10.6 Å². The summed E-state index contributed by atoms with van der Waals surface area (Å²) in [5.41, 5.74) is 1.52. The second kappa shape index (κ2) is 6.76. The third-order valence-corrected chi connectivity index (χ3v) is 4.32. The van der Waals surface area contributed by atoms with Crippen LogP contribution in [0.15, 0.2) is 48.8 Å². The molecule has 0 spiro atoms. The van der Waals surface area contributed by atoms with Crippen LogP contribution in [0.2, 0.25) is 5.02 Å².